The second-order valence-corrected chi connectivity index (χ2v) is 4.73. The van der Waals surface area contributed by atoms with E-state index in [2.05, 4.69) is 5.11 Å². The van der Waals surface area contributed by atoms with Gasteiger partial charge in [0.1, 0.15) is 5.69 Å². The molecule has 0 aliphatic heterocycles. The lowest BCUT2D eigenvalue weighted by Gasteiger charge is -2.11. The van der Waals surface area contributed by atoms with Gasteiger partial charge in [-0.05, 0) is 22.9 Å². The van der Waals surface area contributed by atoms with Crippen LogP contribution >= 0.6 is 0 Å². The standard InChI is InChI=1S/C16H11N3O3/c17-18-13-9-10-5-1-2-6-11(10)15(16(13)20)12-7-3-4-8-14(12)19(21)22/h1-9,17,20H. The molecule has 0 aromatic heterocycles. The van der Waals surface area contributed by atoms with E-state index in [4.69, 9.17) is 5.53 Å². The monoisotopic (exact) mass is 293 g/mol. The molecule has 0 spiro atoms. The predicted molar refractivity (Wildman–Crippen MR) is 82.5 cm³/mol. The van der Waals surface area contributed by atoms with Crippen LogP contribution in [0.4, 0.5) is 11.4 Å². The molecule has 0 aliphatic carbocycles. The van der Waals surface area contributed by atoms with Crippen LogP contribution in [0.1, 0.15) is 0 Å². The van der Waals surface area contributed by atoms with Crippen LogP contribution in [-0.2, 0) is 0 Å². The SMILES string of the molecule is N=Nc1cc2ccccc2c(-c2ccccc2[N+](=O)[O-])c1O. The predicted octanol–water partition coefficient (Wildman–Crippen LogP) is 4.78. The first-order chi connectivity index (χ1) is 10.6. The Labute approximate surface area is 125 Å². The van der Waals surface area contributed by atoms with E-state index in [-0.39, 0.29) is 17.1 Å². The number of benzene rings is 3. The van der Waals surface area contributed by atoms with E-state index >= 15 is 0 Å². The first-order valence-electron chi connectivity index (χ1n) is 6.49. The second-order valence-electron chi connectivity index (χ2n) is 4.73. The van der Waals surface area contributed by atoms with Crippen molar-refractivity contribution >= 4 is 22.1 Å². The number of rotatable bonds is 3. The van der Waals surface area contributed by atoms with Crippen LogP contribution in [0.25, 0.3) is 21.9 Å². The van der Waals surface area contributed by atoms with Crippen molar-refractivity contribution in [2.45, 2.75) is 0 Å². The lowest BCUT2D eigenvalue weighted by Crippen LogP contribution is -1.93. The topological polar surface area (TPSA) is 99.6 Å². The Morgan fingerprint density at radius 1 is 1.09 bits per heavy atom. The average Bonchev–Trinajstić information content (AvgIpc) is 2.54. The van der Waals surface area contributed by atoms with Crippen LogP contribution in [0.3, 0.4) is 0 Å². The van der Waals surface area contributed by atoms with Gasteiger partial charge in [0.05, 0.1) is 10.5 Å². The molecule has 0 radical (unpaired) electrons. The van der Waals surface area contributed by atoms with Crippen molar-refractivity contribution in [1.82, 2.24) is 0 Å². The van der Waals surface area contributed by atoms with Crippen LogP contribution in [-0.4, -0.2) is 10.0 Å². The third-order valence-corrected chi connectivity index (χ3v) is 3.49. The summed E-state index contributed by atoms with van der Waals surface area (Å²) in [6.07, 6.45) is 0. The zero-order chi connectivity index (χ0) is 15.7. The highest BCUT2D eigenvalue weighted by Gasteiger charge is 2.21. The lowest BCUT2D eigenvalue weighted by molar-refractivity contribution is -0.384. The lowest BCUT2D eigenvalue weighted by atomic mass is 9.95. The number of nitro groups is 1. The highest BCUT2D eigenvalue weighted by molar-refractivity contribution is 6.04. The van der Waals surface area contributed by atoms with Gasteiger partial charge in [-0.25, -0.2) is 5.53 Å². The fraction of sp³-hybridized carbons (Fsp3) is 0. The minimum Gasteiger partial charge on any atom is -0.505 e. The van der Waals surface area contributed by atoms with Gasteiger partial charge in [-0.1, -0.05) is 36.4 Å². The van der Waals surface area contributed by atoms with Crippen molar-refractivity contribution in [2.24, 2.45) is 5.11 Å². The molecular formula is C16H11N3O3. The summed E-state index contributed by atoms with van der Waals surface area (Å²) in [5, 5.41) is 26.4. The molecule has 0 bridgehead atoms. The minimum absolute atomic E-state index is 0.0758. The molecule has 0 aliphatic rings. The number of nitrogens with zero attached hydrogens (tertiary/aromatic N) is 2. The number of fused-ring (bicyclic) bond motifs is 1. The van der Waals surface area contributed by atoms with Gasteiger partial charge in [0.25, 0.3) is 5.69 Å². The molecule has 0 amide bonds. The quantitative estimate of drug-likeness (QED) is 0.412. The fourth-order valence-electron chi connectivity index (χ4n) is 2.52. The largest absolute Gasteiger partial charge is 0.505 e. The maximum atomic E-state index is 11.3. The Morgan fingerprint density at radius 2 is 1.77 bits per heavy atom. The number of para-hydroxylation sites is 1. The number of phenols is 1. The summed E-state index contributed by atoms with van der Waals surface area (Å²) >= 11 is 0. The molecule has 3 aromatic rings. The molecule has 22 heavy (non-hydrogen) atoms. The van der Waals surface area contributed by atoms with E-state index in [1.165, 1.54) is 6.07 Å². The van der Waals surface area contributed by atoms with E-state index in [9.17, 15) is 15.2 Å². The Hall–Kier alpha value is -3.28. The van der Waals surface area contributed by atoms with Gasteiger partial charge in [-0.15, -0.1) is 0 Å². The van der Waals surface area contributed by atoms with Crippen LogP contribution in [0.2, 0.25) is 0 Å². The molecule has 6 heteroatoms. The summed E-state index contributed by atoms with van der Waals surface area (Å²) < 4.78 is 0. The minimum atomic E-state index is -0.492. The molecule has 0 unspecified atom stereocenters. The van der Waals surface area contributed by atoms with E-state index in [0.29, 0.717) is 16.5 Å². The molecular weight excluding hydrogens is 282 g/mol. The van der Waals surface area contributed by atoms with Gasteiger partial charge < -0.3 is 5.11 Å². The van der Waals surface area contributed by atoms with Crippen molar-refractivity contribution in [3.8, 4) is 16.9 Å². The summed E-state index contributed by atoms with van der Waals surface area (Å²) in [4.78, 5) is 10.8. The van der Waals surface area contributed by atoms with Crippen molar-refractivity contribution in [3.63, 3.8) is 0 Å². The zero-order valence-corrected chi connectivity index (χ0v) is 11.4. The van der Waals surface area contributed by atoms with Crippen molar-refractivity contribution in [1.29, 1.82) is 5.53 Å². The van der Waals surface area contributed by atoms with E-state index in [1.54, 1.807) is 36.4 Å². The Balaban J connectivity index is 2.47. The first-order valence-corrected chi connectivity index (χ1v) is 6.49. The molecule has 0 atom stereocenters. The summed E-state index contributed by atoms with van der Waals surface area (Å²) in [6.45, 7) is 0. The van der Waals surface area contributed by atoms with Gasteiger partial charge in [0.15, 0.2) is 5.75 Å². The van der Waals surface area contributed by atoms with Crippen molar-refractivity contribution < 1.29 is 10.0 Å². The number of nitro benzene ring substituents is 1. The third-order valence-electron chi connectivity index (χ3n) is 3.49. The highest BCUT2D eigenvalue weighted by Crippen LogP contribution is 2.45. The number of nitrogens with one attached hydrogen (secondary N) is 1. The van der Waals surface area contributed by atoms with Gasteiger partial charge in [0.2, 0.25) is 0 Å². The zero-order valence-electron chi connectivity index (χ0n) is 11.4. The Kier molecular flexibility index (Phi) is 3.27. The number of phenolic OH excluding ortho intramolecular Hbond substituents is 1. The summed E-state index contributed by atoms with van der Waals surface area (Å²) in [6, 6.07) is 15.0. The molecule has 2 N–H and O–H groups in total. The Morgan fingerprint density at radius 3 is 2.50 bits per heavy atom. The van der Waals surface area contributed by atoms with E-state index < -0.39 is 4.92 Å². The van der Waals surface area contributed by atoms with Crippen LogP contribution in [0.5, 0.6) is 5.75 Å². The Bertz CT molecular complexity index is 906. The van der Waals surface area contributed by atoms with Crippen molar-refractivity contribution in [2.75, 3.05) is 0 Å². The average molecular weight is 293 g/mol. The summed E-state index contributed by atoms with van der Waals surface area (Å²) in [5.74, 6) is -0.233. The summed E-state index contributed by atoms with van der Waals surface area (Å²) in [5.41, 5.74) is 7.77. The number of hydrogen-bond donors (Lipinski definition) is 2. The third kappa shape index (κ3) is 2.07. The molecule has 108 valence electrons. The number of aromatic hydroxyl groups is 1. The van der Waals surface area contributed by atoms with Gasteiger partial charge in [-0.3, -0.25) is 10.1 Å². The van der Waals surface area contributed by atoms with E-state index in [0.717, 1.165) is 5.39 Å². The molecule has 0 heterocycles. The van der Waals surface area contributed by atoms with Crippen LogP contribution in [0, 0.1) is 15.6 Å². The summed E-state index contributed by atoms with van der Waals surface area (Å²) in [7, 11) is 0. The molecule has 3 rings (SSSR count). The molecule has 3 aromatic carbocycles. The van der Waals surface area contributed by atoms with Gasteiger partial charge >= 0.3 is 0 Å². The molecule has 0 saturated carbocycles. The smallest absolute Gasteiger partial charge is 0.277 e. The molecule has 6 nitrogen and oxygen atoms in total. The normalized spacial score (nSPS) is 10.5. The first kappa shape index (κ1) is 13.7. The van der Waals surface area contributed by atoms with Crippen LogP contribution in [0.15, 0.2) is 59.7 Å². The fourth-order valence-corrected chi connectivity index (χ4v) is 2.52. The van der Waals surface area contributed by atoms with Crippen molar-refractivity contribution in [3.05, 3.63) is 64.7 Å². The second kappa shape index (κ2) is 5.25. The number of hydrogen-bond acceptors (Lipinski definition) is 5. The maximum Gasteiger partial charge on any atom is 0.277 e. The molecule has 0 fully saturated rings. The van der Waals surface area contributed by atoms with Gasteiger partial charge in [0, 0.05) is 11.6 Å². The maximum absolute atomic E-state index is 11.3. The van der Waals surface area contributed by atoms with Gasteiger partial charge in [-0.2, -0.15) is 5.11 Å². The van der Waals surface area contributed by atoms with E-state index in [1.807, 2.05) is 12.1 Å². The molecule has 0 saturated heterocycles. The highest BCUT2D eigenvalue weighted by atomic mass is 16.6. The van der Waals surface area contributed by atoms with Crippen LogP contribution < -0.4 is 0 Å².